The highest BCUT2D eigenvalue weighted by Gasteiger charge is 2.36. The maximum Gasteiger partial charge on any atom is 0.329 e. The van der Waals surface area contributed by atoms with Crippen molar-refractivity contribution in [3.05, 3.63) is 53.3 Å². The van der Waals surface area contributed by atoms with Gasteiger partial charge in [0.25, 0.3) is 0 Å². The molecule has 20 heavy (non-hydrogen) atoms. The van der Waals surface area contributed by atoms with Crippen LogP contribution in [0.2, 0.25) is 0 Å². The molecule has 1 unspecified atom stereocenters. The molecule has 0 aromatic heterocycles. The van der Waals surface area contributed by atoms with Crippen molar-refractivity contribution in [3.63, 3.8) is 0 Å². The molecule has 1 aliphatic heterocycles. The molecule has 2 rings (SSSR count). The van der Waals surface area contributed by atoms with Crippen molar-refractivity contribution in [3.8, 4) is 0 Å². The maximum atomic E-state index is 11.9. The zero-order valence-electron chi connectivity index (χ0n) is 11.3. The molecule has 0 N–H and O–H groups in total. The summed E-state index contributed by atoms with van der Waals surface area (Å²) in [6, 6.07) is 7.54. The third-order valence-electron chi connectivity index (χ3n) is 2.89. The van der Waals surface area contributed by atoms with Crippen molar-refractivity contribution in [2.45, 2.75) is 13.8 Å². The summed E-state index contributed by atoms with van der Waals surface area (Å²) in [5, 5.41) is 0. The van der Waals surface area contributed by atoms with Crippen LogP contribution in [0.4, 0.5) is 0 Å². The third kappa shape index (κ3) is 3.09. The maximum absolute atomic E-state index is 11.9. The van der Waals surface area contributed by atoms with Crippen LogP contribution in [0.3, 0.4) is 0 Å². The molecular weight excluding hydrogens is 256 g/mol. The van der Waals surface area contributed by atoms with Gasteiger partial charge in [0, 0.05) is 6.08 Å². The number of ketones is 2. The third-order valence-corrected chi connectivity index (χ3v) is 2.89. The van der Waals surface area contributed by atoms with Crippen molar-refractivity contribution in [1.29, 1.82) is 0 Å². The number of benzene rings is 1. The molecule has 4 heteroatoms. The summed E-state index contributed by atoms with van der Waals surface area (Å²) < 4.78 is 4.81. The van der Waals surface area contributed by atoms with E-state index in [9.17, 15) is 14.4 Å². The Hall–Kier alpha value is -2.49. The minimum atomic E-state index is -1.38. The molecule has 1 atom stereocenters. The summed E-state index contributed by atoms with van der Waals surface area (Å²) in [6.07, 6.45) is 4.00. The summed E-state index contributed by atoms with van der Waals surface area (Å²) in [6.45, 7) is 3.44. The highest BCUT2D eigenvalue weighted by Crippen LogP contribution is 2.16. The van der Waals surface area contributed by atoms with Crippen LogP contribution in [0.15, 0.2) is 42.2 Å². The topological polar surface area (TPSA) is 60.4 Å². The number of rotatable bonds is 3. The molecule has 0 bridgehead atoms. The molecule has 0 saturated heterocycles. The summed E-state index contributed by atoms with van der Waals surface area (Å²) in [5.41, 5.74) is 1.90. The summed E-state index contributed by atoms with van der Waals surface area (Å²) in [5.74, 6) is -3.07. The monoisotopic (exact) mass is 270 g/mol. The van der Waals surface area contributed by atoms with Gasteiger partial charge in [0.05, 0.1) is 0 Å². The van der Waals surface area contributed by atoms with Gasteiger partial charge in [-0.2, -0.15) is 0 Å². The number of cyclic esters (lactones) is 1. The molecule has 4 nitrogen and oxygen atoms in total. The van der Waals surface area contributed by atoms with Gasteiger partial charge in [0.15, 0.2) is 17.5 Å². The number of aryl methyl sites for hydroxylation is 1. The van der Waals surface area contributed by atoms with E-state index in [4.69, 9.17) is 4.74 Å². The standard InChI is InChI=1S/C16H14O4/c1-10-4-3-5-12(8-10)6-7-13(17)15-14(18)9-11(2)20-16(15)19/h3-9,15H,1-2H3. The lowest BCUT2D eigenvalue weighted by atomic mass is 9.96. The highest BCUT2D eigenvalue weighted by molar-refractivity contribution is 6.25. The Morgan fingerprint density at radius 2 is 2.00 bits per heavy atom. The molecule has 1 aliphatic rings. The lowest BCUT2D eigenvalue weighted by molar-refractivity contribution is -0.151. The first-order chi connectivity index (χ1) is 9.47. The largest absolute Gasteiger partial charge is 0.430 e. The Balaban J connectivity index is 2.16. The Morgan fingerprint density at radius 1 is 1.25 bits per heavy atom. The Labute approximate surface area is 116 Å². The van der Waals surface area contributed by atoms with Crippen molar-refractivity contribution in [2.24, 2.45) is 5.92 Å². The van der Waals surface area contributed by atoms with Crippen molar-refractivity contribution < 1.29 is 19.1 Å². The number of carbonyl (C=O) groups is 3. The van der Waals surface area contributed by atoms with E-state index in [1.165, 1.54) is 19.1 Å². The number of hydrogen-bond acceptors (Lipinski definition) is 4. The van der Waals surface area contributed by atoms with Crippen LogP contribution in [0, 0.1) is 12.8 Å². The van der Waals surface area contributed by atoms with Gasteiger partial charge in [-0.15, -0.1) is 0 Å². The van der Waals surface area contributed by atoms with E-state index >= 15 is 0 Å². The fraction of sp³-hybridized carbons (Fsp3) is 0.188. The smallest absolute Gasteiger partial charge is 0.329 e. The zero-order chi connectivity index (χ0) is 14.7. The zero-order valence-corrected chi connectivity index (χ0v) is 11.3. The fourth-order valence-electron chi connectivity index (χ4n) is 1.95. The number of carbonyl (C=O) groups excluding carboxylic acids is 3. The molecule has 102 valence electrons. The first kappa shape index (κ1) is 13.9. The van der Waals surface area contributed by atoms with E-state index in [0.717, 1.165) is 11.1 Å². The quantitative estimate of drug-likeness (QED) is 0.480. The van der Waals surface area contributed by atoms with Gasteiger partial charge in [-0.25, -0.2) is 0 Å². The van der Waals surface area contributed by atoms with Gasteiger partial charge in [-0.05, 0) is 25.5 Å². The molecule has 0 saturated carbocycles. The van der Waals surface area contributed by atoms with Crippen LogP contribution in [0.25, 0.3) is 6.08 Å². The molecule has 0 amide bonds. The van der Waals surface area contributed by atoms with Gasteiger partial charge in [-0.1, -0.05) is 35.9 Å². The molecule has 1 aromatic rings. The van der Waals surface area contributed by atoms with E-state index < -0.39 is 23.5 Å². The summed E-state index contributed by atoms with van der Waals surface area (Å²) in [7, 11) is 0. The number of allylic oxidation sites excluding steroid dienone is 3. The first-order valence-electron chi connectivity index (χ1n) is 6.20. The lowest BCUT2D eigenvalue weighted by Crippen LogP contribution is -2.34. The molecule has 0 radical (unpaired) electrons. The number of ether oxygens (including phenoxy) is 1. The highest BCUT2D eigenvalue weighted by atomic mass is 16.5. The van der Waals surface area contributed by atoms with E-state index in [2.05, 4.69) is 0 Å². The Bertz CT molecular complexity index is 638. The predicted molar refractivity (Wildman–Crippen MR) is 73.6 cm³/mol. The van der Waals surface area contributed by atoms with Gasteiger partial charge < -0.3 is 4.74 Å². The van der Waals surface area contributed by atoms with Crippen molar-refractivity contribution in [2.75, 3.05) is 0 Å². The first-order valence-corrected chi connectivity index (χ1v) is 6.20. The fourth-order valence-corrected chi connectivity index (χ4v) is 1.95. The van der Waals surface area contributed by atoms with E-state index in [1.807, 2.05) is 31.2 Å². The molecule has 1 heterocycles. The number of hydrogen-bond donors (Lipinski definition) is 0. The minimum absolute atomic E-state index is 0.215. The molecular formula is C16H14O4. The van der Waals surface area contributed by atoms with Gasteiger partial charge >= 0.3 is 5.97 Å². The minimum Gasteiger partial charge on any atom is -0.430 e. The normalized spacial score (nSPS) is 18.9. The number of esters is 1. The van der Waals surface area contributed by atoms with Crippen LogP contribution in [-0.4, -0.2) is 17.5 Å². The second-order valence-corrected chi connectivity index (χ2v) is 4.66. The second-order valence-electron chi connectivity index (χ2n) is 4.66. The van der Waals surface area contributed by atoms with E-state index in [-0.39, 0.29) is 5.76 Å². The predicted octanol–water partition coefficient (Wildman–Crippen LogP) is 2.22. The van der Waals surface area contributed by atoms with E-state index in [1.54, 1.807) is 6.08 Å². The van der Waals surface area contributed by atoms with Crippen molar-refractivity contribution in [1.82, 2.24) is 0 Å². The molecule has 0 aliphatic carbocycles. The van der Waals surface area contributed by atoms with Gasteiger partial charge in [0.2, 0.25) is 0 Å². The average Bonchev–Trinajstić information content (AvgIpc) is 2.35. The van der Waals surface area contributed by atoms with Crippen LogP contribution in [0.1, 0.15) is 18.1 Å². The second kappa shape index (κ2) is 5.65. The van der Waals surface area contributed by atoms with Gasteiger partial charge in [-0.3, -0.25) is 14.4 Å². The average molecular weight is 270 g/mol. The van der Waals surface area contributed by atoms with Crippen molar-refractivity contribution >= 4 is 23.6 Å². The van der Waals surface area contributed by atoms with Crippen LogP contribution in [0.5, 0.6) is 0 Å². The molecule has 0 fully saturated rings. The van der Waals surface area contributed by atoms with E-state index in [0.29, 0.717) is 0 Å². The Morgan fingerprint density at radius 3 is 2.65 bits per heavy atom. The molecule has 0 spiro atoms. The van der Waals surface area contributed by atoms with Gasteiger partial charge in [0.1, 0.15) is 5.76 Å². The summed E-state index contributed by atoms with van der Waals surface area (Å²) >= 11 is 0. The Kier molecular flexibility index (Phi) is 3.94. The summed E-state index contributed by atoms with van der Waals surface area (Å²) in [4.78, 5) is 35.2. The van der Waals surface area contributed by atoms with Crippen LogP contribution >= 0.6 is 0 Å². The van der Waals surface area contributed by atoms with Crippen LogP contribution in [-0.2, 0) is 19.1 Å². The lowest BCUT2D eigenvalue weighted by Gasteiger charge is -2.15. The molecule has 1 aromatic carbocycles. The van der Waals surface area contributed by atoms with Crippen LogP contribution < -0.4 is 0 Å². The SMILES string of the molecule is CC1=CC(=O)C(C(=O)C=Cc2cccc(C)c2)C(=O)O1.